The van der Waals surface area contributed by atoms with Crippen molar-refractivity contribution in [3.8, 4) is 12.3 Å². The van der Waals surface area contributed by atoms with E-state index in [0.29, 0.717) is 6.42 Å². The highest BCUT2D eigenvalue weighted by atomic mass is 16.6. The molecule has 0 spiro atoms. The Morgan fingerprint density at radius 2 is 2.05 bits per heavy atom. The second kappa shape index (κ2) is 8.26. The van der Waals surface area contributed by atoms with Crippen molar-refractivity contribution < 1.29 is 19.1 Å². The minimum atomic E-state index is -0.579. The smallest absolute Gasteiger partial charge is 0.408 e. The van der Waals surface area contributed by atoms with Gasteiger partial charge in [0.2, 0.25) is 0 Å². The van der Waals surface area contributed by atoms with Crippen molar-refractivity contribution >= 4 is 12.1 Å². The van der Waals surface area contributed by atoms with Gasteiger partial charge in [-0.3, -0.25) is 4.79 Å². The van der Waals surface area contributed by atoms with Crippen LogP contribution in [0.25, 0.3) is 0 Å². The van der Waals surface area contributed by atoms with Gasteiger partial charge in [-0.1, -0.05) is 6.08 Å². The number of amides is 1. The largest absolute Gasteiger partial charge is 0.461 e. The molecule has 0 aromatic rings. The molecule has 0 aromatic heterocycles. The number of hydrogen-bond donors (Lipinski definition) is 1. The van der Waals surface area contributed by atoms with Gasteiger partial charge >= 0.3 is 12.1 Å². The average Bonchev–Trinajstić information content (AvgIpc) is 2.24. The third-order valence-corrected chi connectivity index (χ3v) is 2.18. The molecular weight excluding hydrogens is 258 g/mol. The van der Waals surface area contributed by atoms with E-state index < -0.39 is 23.8 Å². The van der Waals surface area contributed by atoms with Crippen molar-refractivity contribution in [1.82, 2.24) is 5.32 Å². The molecule has 0 saturated carbocycles. The Balaban J connectivity index is 4.51. The van der Waals surface area contributed by atoms with Crippen LogP contribution in [0, 0.1) is 12.3 Å². The number of esters is 1. The molecule has 112 valence electrons. The molecular formula is C15H23NO4. The third kappa shape index (κ3) is 9.03. The van der Waals surface area contributed by atoms with Crippen molar-refractivity contribution in [3.63, 3.8) is 0 Å². The Labute approximate surface area is 120 Å². The molecule has 0 aromatic carbocycles. The summed E-state index contributed by atoms with van der Waals surface area (Å²) in [5, 5.41) is 2.65. The molecule has 1 amide bonds. The molecule has 0 aliphatic carbocycles. The minimum Gasteiger partial charge on any atom is -0.461 e. The summed E-state index contributed by atoms with van der Waals surface area (Å²) < 4.78 is 10.2. The van der Waals surface area contributed by atoms with Gasteiger partial charge in [0.15, 0.2) is 0 Å². The molecule has 0 rings (SSSR count). The zero-order valence-electron chi connectivity index (χ0n) is 12.6. The normalized spacial score (nSPS) is 13.6. The number of carbonyl (C=O) groups is 2. The van der Waals surface area contributed by atoms with Crippen molar-refractivity contribution in [2.45, 2.75) is 58.3 Å². The predicted octanol–water partition coefficient (Wildman–Crippen LogP) is 2.41. The lowest BCUT2D eigenvalue weighted by Crippen LogP contribution is -2.40. The van der Waals surface area contributed by atoms with Gasteiger partial charge in [0.05, 0.1) is 6.04 Å². The Bertz CT molecular complexity index is 390. The second-order valence-corrected chi connectivity index (χ2v) is 5.36. The van der Waals surface area contributed by atoms with Crippen LogP contribution in [0.3, 0.4) is 0 Å². The van der Waals surface area contributed by atoms with E-state index in [1.807, 2.05) is 0 Å². The van der Waals surface area contributed by atoms with Crippen LogP contribution in [-0.2, 0) is 14.3 Å². The van der Waals surface area contributed by atoms with Gasteiger partial charge in [-0.05, 0) is 20.8 Å². The van der Waals surface area contributed by atoms with Crippen molar-refractivity contribution in [3.05, 3.63) is 12.7 Å². The Kier molecular flexibility index (Phi) is 7.45. The van der Waals surface area contributed by atoms with Crippen LogP contribution in [0.1, 0.15) is 40.5 Å². The first kappa shape index (κ1) is 18.0. The highest BCUT2D eigenvalue weighted by molar-refractivity contribution is 5.68. The third-order valence-electron chi connectivity index (χ3n) is 2.18. The van der Waals surface area contributed by atoms with Crippen LogP contribution < -0.4 is 5.32 Å². The van der Waals surface area contributed by atoms with Crippen molar-refractivity contribution in [1.29, 1.82) is 0 Å². The van der Waals surface area contributed by atoms with Crippen LogP contribution >= 0.6 is 0 Å². The zero-order chi connectivity index (χ0) is 15.8. The fourth-order valence-corrected chi connectivity index (χ4v) is 1.50. The van der Waals surface area contributed by atoms with Crippen molar-refractivity contribution in [2.24, 2.45) is 0 Å². The van der Waals surface area contributed by atoms with E-state index in [9.17, 15) is 9.59 Å². The standard InChI is InChI=1S/C15H23NO4/c1-7-9-13(19-11(3)17)10-12(8-2)16-14(18)20-15(4,5)6/h1,8,12-13H,2,9-10H2,3-6H3,(H,16,18)/t12-,13?/m1/s1. The highest BCUT2D eigenvalue weighted by Gasteiger charge is 2.21. The number of terminal acetylenes is 1. The maximum absolute atomic E-state index is 11.7. The Morgan fingerprint density at radius 1 is 1.45 bits per heavy atom. The average molecular weight is 281 g/mol. The predicted molar refractivity (Wildman–Crippen MR) is 77.0 cm³/mol. The lowest BCUT2D eigenvalue weighted by atomic mass is 10.1. The molecule has 0 heterocycles. The van der Waals surface area contributed by atoms with Gasteiger partial charge in [0.1, 0.15) is 11.7 Å². The van der Waals surface area contributed by atoms with Gasteiger partial charge in [-0.15, -0.1) is 18.9 Å². The van der Waals surface area contributed by atoms with E-state index in [-0.39, 0.29) is 12.5 Å². The van der Waals surface area contributed by atoms with Crippen LogP contribution in [0.5, 0.6) is 0 Å². The fraction of sp³-hybridized carbons (Fsp3) is 0.600. The van der Waals surface area contributed by atoms with E-state index >= 15 is 0 Å². The lowest BCUT2D eigenvalue weighted by molar-refractivity contribution is -0.146. The highest BCUT2D eigenvalue weighted by Crippen LogP contribution is 2.11. The summed E-state index contributed by atoms with van der Waals surface area (Å²) in [5.74, 6) is 2.03. The maximum Gasteiger partial charge on any atom is 0.408 e. The summed E-state index contributed by atoms with van der Waals surface area (Å²) in [6.07, 6.45) is 6.40. The van der Waals surface area contributed by atoms with Crippen LogP contribution in [0.2, 0.25) is 0 Å². The summed E-state index contributed by atoms with van der Waals surface area (Å²) in [6.45, 7) is 10.3. The molecule has 0 aliphatic rings. The minimum absolute atomic E-state index is 0.278. The Morgan fingerprint density at radius 3 is 2.45 bits per heavy atom. The maximum atomic E-state index is 11.7. The van der Waals surface area contributed by atoms with E-state index in [1.54, 1.807) is 26.8 Å². The zero-order valence-corrected chi connectivity index (χ0v) is 12.6. The topological polar surface area (TPSA) is 64.6 Å². The van der Waals surface area contributed by atoms with Gasteiger partial charge < -0.3 is 14.8 Å². The molecule has 0 bridgehead atoms. The number of hydrogen-bond acceptors (Lipinski definition) is 4. The first-order chi connectivity index (χ1) is 9.17. The lowest BCUT2D eigenvalue weighted by Gasteiger charge is -2.24. The number of nitrogens with one attached hydrogen (secondary N) is 1. The molecule has 0 radical (unpaired) electrons. The van der Waals surface area contributed by atoms with Crippen LogP contribution in [0.15, 0.2) is 12.7 Å². The summed E-state index contributed by atoms with van der Waals surface area (Å²) in [4.78, 5) is 22.6. The van der Waals surface area contributed by atoms with Crippen molar-refractivity contribution in [2.75, 3.05) is 0 Å². The molecule has 1 unspecified atom stereocenters. The van der Waals surface area contributed by atoms with E-state index in [1.165, 1.54) is 6.92 Å². The van der Waals surface area contributed by atoms with Crippen LogP contribution in [0.4, 0.5) is 4.79 Å². The quantitative estimate of drug-likeness (QED) is 0.461. The van der Waals surface area contributed by atoms with E-state index in [0.717, 1.165) is 0 Å². The van der Waals surface area contributed by atoms with Crippen LogP contribution in [-0.4, -0.2) is 29.8 Å². The number of ether oxygens (including phenoxy) is 2. The summed E-state index contributed by atoms with van der Waals surface area (Å²) in [5.41, 5.74) is -0.579. The molecule has 5 heteroatoms. The second-order valence-electron chi connectivity index (χ2n) is 5.36. The van der Waals surface area contributed by atoms with Gasteiger partial charge in [-0.2, -0.15) is 0 Å². The van der Waals surface area contributed by atoms with Gasteiger partial charge in [-0.25, -0.2) is 4.79 Å². The molecule has 0 aliphatic heterocycles. The molecule has 1 N–H and O–H groups in total. The van der Waals surface area contributed by atoms with Gasteiger partial charge in [0, 0.05) is 19.8 Å². The summed E-state index contributed by atoms with van der Waals surface area (Å²) >= 11 is 0. The fourth-order valence-electron chi connectivity index (χ4n) is 1.50. The number of rotatable bonds is 6. The molecule has 0 saturated heterocycles. The summed E-state index contributed by atoms with van der Waals surface area (Å²) in [7, 11) is 0. The molecule has 5 nitrogen and oxygen atoms in total. The van der Waals surface area contributed by atoms with Gasteiger partial charge in [0.25, 0.3) is 0 Å². The SMILES string of the molecule is C#CCC(C[C@@H](C=C)NC(=O)OC(C)(C)C)OC(C)=O. The van der Waals surface area contributed by atoms with E-state index in [2.05, 4.69) is 17.8 Å². The molecule has 0 fully saturated rings. The first-order valence-electron chi connectivity index (χ1n) is 6.40. The number of alkyl carbamates (subject to hydrolysis) is 1. The number of carbonyl (C=O) groups excluding carboxylic acids is 2. The summed E-state index contributed by atoms with van der Waals surface area (Å²) in [6, 6.07) is -0.387. The Hall–Kier alpha value is -1.96. The van der Waals surface area contributed by atoms with E-state index in [4.69, 9.17) is 15.9 Å². The molecule has 2 atom stereocenters. The molecule has 20 heavy (non-hydrogen) atoms. The first-order valence-corrected chi connectivity index (χ1v) is 6.40. The monoisotopic (exact) mass is 281 g/mol.